The second-order valence-electron chi connectivity index (χ2n) is 11.0. The molecular weight excluding hydrogens is 538 g/mol. The molecule has 0 aliphatic carbocycles. The highest BCUT2D eigenvalue weighted by molar-refractivity contribution is 6.09. The monoisotopic (exact) mass is 575 g/mol. The maximum absolute atomic E-state index is 14.1. The number of carbonyl (C=O) groups is 1. The van der Waals surface area contributed by atoms with Gasteiger partial charge in [-0.2, -0.15) is 0 Å². The van der Waals surface area contributed by atoms with E-state index in [9.17, 15) is 9.59 Å². The standard InChI is InChI=1S/C35H37N5O3/c1-6-40(35(42)38-31-27(22(2)3)12-8-13-28(31)23(4)5)32-30(29-14-9-17-37-33(29)39-34(32)41)25-10-7-11-26(20-25)43-21-24-15-18-36-19-16-24/h7-20,22-23H,6,21H2,1-5H3,(H,38,42)(H,37,39,41). The number of fused-ring (bicyclic) bond motifs is 1. The van der Waals surface area contributed by atoms with Crippen LogP contribution in [0.1, 0.15) is 63.1 Å². The zero-order chi connectivity index (χ0) is 30.5. The molecule has 2 amide bonds. The molecule has 0 aliphatic rings. The van der Waals surface area contributed by atoms with Gasteiger partial charge in [0.2, 0.25) is 0 Å². The fraction of sp³-hybridized carbons (Fsp3) is 0.257. The molecule has 0 atom stereocenters. The van der Waals surface area contributed by atoms with Crippen LogP contribution >= 0.6 is 0 Å². The zero-order valence-electron chi connectivity index (χ0n) is 25.2. The number of anilines is 2. The topological polar surface area (TPSA) is 100 Å². The third-order valence-corrected chi connectivity index (χ3v) is 7.47. The average molecular weight is 576 g/mol. The van der Waals surface area contributed by atoms with E-state index in [2.05, 4.69) is 48.0 Å². The molecule has 2 N–H and O–H groups in total. The molecule has 3 heterocycles. The van der Waals surface area contributed by atoms with E-state index < -0.39 is 5.56 Å². The largest absolute Gasteiger partial charge is 0.489 e. The Balaban J connectivity index is 1.61. The molecule has 0 fully saturated rings. The Labute approximate surface area is 251 Å². The number of rotatable bonds is 9. The van der Waals surface area contributed by atoms with E-state index >= 15 is 0 Å². The van der Waals surface area contributed by atoms with Crippen molar-refractivity contribution in [3.8, 4) is 16.9 Å². The van der Waals surface area contributed by atoms with Crippen LogP contribution in [0.4, 0.5) is 16.2 Å². The average Bonchev–Trinajstić information content (AvgIpc) is 3.01. The van der Waals surface area contributed by atoms with Crippen molar-refractivity contribution in [2.24, 2.45) is 0 Å². The number of hydrogen-bond acceptors (Lipinski definition) is 5. The number of nitrogens with one attached hydrogen (secondary N) is 2. The van der Waals surface area contributed by atoms with Crippen LogP contribution < -0.4 is 20.5 Å². The molecule has 43 heavy (non-hydrogen) atoms. The van der Waals surface area contributed by atoms with Crippen LogP contribution in [0, 0.1) is 0 Å². The maximum Gasteiger partial charge on any atom is 0.326 e. The lowest BCUT2D eigenvalue weighted by Gasteiger charge is -2.27. The number of nitrogens with zero attached hydrogens (tertiary/aromatic N) is 3. The summed E-state index contributed by atoms with van der Waals surface area (Å²) in [6.45, 7) is 10.9. The van der Waals surface area contributed by atoms with Gasteiger partial charge in [0, 0.05) is 41.8 Å². The predicted molar refractivity (Wildman–Crippen MR) is 173 cm³/mol. The summed E-state index contributed by atoms with van der Waals surface area (Å²) in [7, 11) is 0. The van der Waals surface area contributed by atoms with Gasteiger partial charge in [0.25, 0.3) is 5.56 Å². The quantitative estimate of drug-likeness (QED) is 0.186. The van der Waals surface area contributed by atoms with Gasteiger partial charge in [-0.25, -0.2) is 9.78 Å². The van der Waals surface area contributed by atoms with Crippen LogP contribution in [0.15, 0.2) is 90.1 Å². The Morgan fingerprint density at radius 3 is 2.30 bits per heavy atom. The first-order valence-electron chi connectivity index (χ1n) is 14.6. The molecule has 0 unspecified atom stereocenters. The molecule has 0 radical (unpaired) electrons. The highest BCUT2D eigenvalue weighted by Gasteiger charge is 2.26. The lowest BCUT2D eigenvalue weighted by Crippen LogP contribution is -2.39. The minimum atomic E-state index is -0.400. The smallest absolute Gasteiger partial charge is 0.326 e. The van der Waals surface area contributed by atoms with Crippen molar-refractivity contribution in [2.45, 2.75) is 53.1 Å². The maximum atomic E-state index is 14.1. The van der Waals surface area contributed by atoms with Gasteiger partial charge in [-0.3, -0.25) is 14.7 Å². The van der Waals surface area contributed by atoms with Crippen LogP contribution in [0.5, 0.6) is 5.75 Å². The Bertz CT molecular complexity index is 1770. The minimum absolute atomic E-state index is 0.199. The lowest BCUT2D eigenvalue weighted by molar-refractivity contribution is 0.257. The molecule has 0 spiro atoms. The molecule has 0 bridgehead atoms. The Hall–Kier alpha value is -4.98. The summed E-state index contributed by atoms with van der Waals surface area (Å²) in [5.41, 5.74) is 5.52. The number of aromatic nitrogens is 3. The van der Waals surface area contributed by atoms with Crippen molar-refractivity contribution in [1.29, 1.82) is 0 Å². The molecule has 3 aromatic heterocycles. The first-order chi connectivity index (χ1) is 20.8. The van der Waals surface area contributed by atoms with Gasteiger partial charge < -0.3 is 15.0 Å². The van der Waals surface area contributed by atoms with Gasteiger partial charge in [0.15, 0.2) is 0 Å². The Morgan fingerprint density at radius 1 is 0.930 bits per heavy atom. The van der Waals surface area contributed by atoms with Crippen molar-refractivity contribution in [1.82, 2.24) is 15.0 Å². The van der Waals surface area contributed by atoms with Crippen LogP contribution in [0.2, 0.25) is 0 Å². The number of hydrogen-bond donors (Lipinski definition) is 2. The number of urea groups is 1. The third kappa shape index (κ3) is 6.28. The summed E-state index contributed by atoms with van der Waals surface area (Å²) in [4.78, 5) is 40.8. The van der Waals surface area contributed by atoms with Crippen LogP contribution in [-0.4, -0.2) is 27.5 Å². The fourth-order valence-electron chi connectivity index (χ4n) is 5.32. The number of para-hydroxylation sites is 1. The van der Waals surface area contributed by atoms with E-state index in [0.717, 1.165) is 33.3 Å². The molecule has 220 valence electrons. The van der Waals surface area contributed by atoms with Gasteiger partial charge in [-0.1, -0.05) is 58.0 Å². The summed E-state index contributed by atoms with van der Waals surface area (Å²) in [6.07, 6.45) is 5.09. The Kier molecular flexibility index (Phi) is 8.85. The van der Waals surface area contributed by atoms with Crippen LogP contribution in [-0.2, 0) is 6.61 Å². The van der Waals surface area contributed by atoms with Gasteiger partial charge in [-0.15, -0.1) is 0 Å². The van der Waals surface area contributed by atoms with E-state index in [1.165, 1.54) is 4.90 Å². The van der Waals surface area contributed by atoms with Crippen molar-refractivity contribution < 1.29 is 9.53 Å². The van der Waals surface area contributed by atoms with Gasteiger partial charge in [0.1, 0.15) is 23.7 Å². The summed E-state index contributed by atoms with van der Waals surface area (Å²) in [6, 6.07) is 20.8. The first kappa shape index (κ1) is 29.5. The summed E-state index contributed by atoms with van der Waals surface area (Å²) < 4.78 is 6.10. The van der Waals surface area contributed by atoms with Crippen LogP contribution in [0.25, 0.3) is 22.2 Å². The molecule has 8 heteroatoms. The fourth-order valence-corrected chi connectivity index (χ4v) is 5.32. The second kappa shape index (κ2) is 12.9. The molecule has 5 aromatic rings. The number of amides is 2. The van der Waals surface area contributed by atoms with Crippen molar-refractivity contribution in [3.63, 3.8) is 0 Å². The second-order valence-corrected chi connectivity index (χ2v) is 11.0. The number of aromatic amines is 1. The number of benzene rings is 2. The molecule has 0 aliphatic heterocycles. The predicted octanol–water partition coefficient (Wildman–Crippen LogP) is 7.87. The van der Waals surface area contributed by atoms with Crippen molar-refractivity contribution >= 4 is 28.4 Å². The third-order valence-electron chi connectivity index (χ3n) is 7.47. The summed E-state index contributed by atoms with van der Waals surface area (Å²) in [5.74, 6) is 1.03. The SMILES string of the molecule is CCN(C(=O)Nc1c(C(C)C)cccc1C(C)C)c1c(-c2cccc(OCc3ccncc3)c2)c2cccnc2[nH]c1=O. The number of H-pyrrole nitrogens is 1. The molecule has 2 aromatic carbocycles. The van der Waals surface area contributed by atoms with E-state index in [4.69, 9.17) is 4.74 Å². The van der Waals surface area contributed by atoms with E-state index in [-0.39, 0.29) is 30.1 Å². The molecule has 0 saturated heterocycles. The highest BCUT2D eigenvalue weighted by atomic mass is 16.5. The number of carbonyl (C=O) groups excluding carboxylic acids is 1. The number of ether oxygens (including phenoxy) is 1. The van der Waals surface area contributed by atoms with Gasteiger partial charge in [0.05, 0.1) is 0 Å². The van der Waals surface area contributed by atoms with Crippen molar-refractivity contribution in [2.75, 3.05) is 16.8 Å². The van der Waals surface area contributed by atoms with Crippen LogP contribution in [0.3, 0.4) is 0 Å². The Morgan fingerprint density at radius 2 is 1.63 bits per heavy atom. The van der Waals surface area contributed by atoms with E-state index in [1.54, 1.807) is 18.6 Å². The van der Waals surface area contributed by atoms with Gasteiger partial charge >= 0.3 is 6.03 Å². The lowest BCUT2D eigenvalue weighted by atomic mass is 9.92. The van der Waals surface area contributed by atoms with Crippen molar-refractivity contribution in [3.05, 3.63) is 112 Å². The normalized spacial score (nSPS) is 11.2. The summed E-state index contributed by atoms with van der Waals surface area (Å²) in [5, 5.41) is 3.91. The molecular formula is C35H37N5O3. The first-order valence-corrected chi connectivity index (χ1v) is 14.6. The van der Waals surface area contributed by atoms with E-state index in [1.807, 2.05) is 73.7 Å². The molecule has 5 rings (SSSR count). The number of pyridine rings is 3. The molecule has 0 saturated carbocycles. The van der Waals surface area contributed by atoms with E-state index in [0.29, 0.717) is 23.6 Å². The molecule has 8 nitrogen and oxygen atoms in total. The zero-order valence-corrected chi connectivity index (χ0v) is 25.2. The minimum Gasteiger partial charge on any atom is -0.489 e. The highest BCUT2D eigenvalue weighted by Crippen LogP contribution is 2.37. The van der Waals surface area contributed by atoms with Gasteiger partial charge in [-0.05, 0) is 77.4 Å². The summed E-state index contributed by atoms with van der Waals surface area (Å²) >= 11 is 0.